The van der Waals surface area contributed by atoms with Crippen molar-refractivity contribution >= 4 is 15.7 Å². The molecule has 0 aromatic heterocycles. The van der Waals surface area contributed by atoms with Gasteiger partial charge in [0.2, 0.25) is 0 Å². The van der Waals surface area contributed by atoms with E-state index in [1.807, 2.05) is 49.4 Å². The van der Waals surface area contributed by atoms with Crippen molar-refractivity contribution in [3.05, 3.63) is 83.9 Å². The lowest BCUT2D eigenvalue weighted by molar-refractivity contribution is 0.409. The van der Waals surface area contributed by atoms with Gasteiger partial charge in [0.25, 0.3) is 10.0 Å². The first-order chi connectivity index (χ1) is 13.5. The third kappa shape index (κ3) is 4.12. The van der Waals surface area contributed by atoms with Crippen LogP contribution in [0.3, 0.4) is 0 Å². The molecular weight excluding hydrogens is 374 g/mol. The molecule has 0 aliphatic carbocycles. The number of sulfonamides is 1. The Morgan fingerprint density at radius 3 is 2.32 bits per heavy atom. The number of benzene rings is 3. The van der Waals surface area contributed by atoms with Crippen molar-refractivity contribution in [2.75, 3.05) is 18.5 Å². The molecule has 0 saturated carbocycles. The van der Waals surface area contributed by atoms with Gasteiger partial charge in [0.05, 0.1) is 31.3 Å². The van der Waals surface area contributed by atoms with E-state index in [2.05, 4.69) is 0 Å². The zero-order valence-electron chi connectivity index (χ0n) is 16.1. The predicted octanol–water partition coefficient (Wildman–Crippen LogP) is 4.41. The van der Waals surface area contributed by atoms with Crippen LogP contribution in [-0.4, -0.2) is 22.6 Å². The van der Waals surface area contributed by atoms with Crippen molar-refractivity contribution in [2.24, 2.45) is 0 Å². The highest BCUT2D eigenvalue weighted by atomic mass is 32.2. The number of hydrogen-bond acceptors (Lipinski definition) is 4. The van der Waals surface area contributed by atoms with Crippen LogP contribution in [0.4, 0.5) is 5.69 Å². The molecule has 0 aliphatic heterocycles. The lowest BCUT2D eigenvalue weighted by atomic mass is 10.2. The Kier molecular flexibility index (Phi) is 5.90. The van der Waals surface area contributed by atoms with Gasteiger partial charge in [0.1, 0.15) is 11.5 Å². The number of hydrogen-bond donors (Lipinski definition) is 0. The number of nitrogens with zero attached hydrogens (tertiary/aromatic N) is 1. The highest BCUT2D eigenvalue weighted by Crippen LogP contribution is 2.30. The first kappa shape index (κ1) is 19.8. The highest BCUT2D eigenvalue weighted by molar-refractivity contribution is 7.92. The second-order valence-corrected chi connectivity index (χ2v) is 8.20. The van der Waals surface area contributed by atoms with Crippen LogP contribution in [0, 0.1) is 6.92 Å². The van der Waals surface area contributed by atoms with Crippen LogP contribution >= 0.6 is 0 Å². The van der Waals surface area contributed by atoms with Crippen molar-refractivity contribution in [3.8, 4) is 11.5 Å². The van der Waals surface area contributed by atoms with Crippen molar-refractivity contribution in [3.63, 3.8) is 0 Å². The summed E-state index contributed by atoms with van der Waals surface area (Å²) in [7, 11) is -0.740. The van der Waals surface area contributed by atoms with Crippen LogP contribution in [0.2, 0.25) is 0 Å². The van der Waals surface area contributed by atoms with E-state index < -0.39 is 10.0 Å². The summed E-state index contributed by atoms with van der Waals surface area (Å²) in [5.41, 5.74) is 2.34. The average Bonchev–Trinajstić information content (AvgIpc) is 2.72. The summed E-state index contributed by atoms with van der Waals surface area (Å²) in [5.74, 6) is 1.13. The molecule has 0 heterocycles. The summed E-state index contributed by atoms with van der Waals surface area (Å²) in [6, 6.07) is 21.3. The summed E-state index contributed by atoms with van der Waals surface area (Å²) in [6.45, 7) is 2.08. The molecule has 5 nitrogen and oxygen atoms in total. The number of rotatable bonds is 7. The monoisotopic (exact) mass is 397 g/mol. The second kappa shape index (κ2) is 8.35. The van der Waals surface area contributed by atoms with E-state index in [1.165, 1.54) is 17.5 Å². The maximum absolute atomic E-state index is 13.5. The normalized spacial score (nSPS) is 11.1. The first-order valence-electron chi connectivity index (χ1n) is 8.81. The molecule has 0 spiro atoms. The van der Waals surface area contributed by atoms with Crippen molar-refractivity contribution in [1.82, 2.24) is 0 Å². The molecule has 3 aromatic carbocycles. The first-order valence-corrected chi connectivity index (χ1v) is 10.2. The van der Waals surface area contributed by atoms with E-state index in [0.29, 0.717) is 17.2 Å². The van der Waals surface area contributed by atoms with E-state index >= 15 is 0 Å². The number of methoxy groups -OCH3 is 2. The van der Waals surface area contributed by atoms with Gasteiger partial charge in [-0.15, -0.1) is 0 Å². The van der Waals surface area contributed by atoms with E-state index in [4.69, 9.17) is 9.47 Å². The van der Waals surface area contributed by atoms with Gasteiger partial charge in [-0.2, -0.15) is 0 Å². The third-order valence-corrected chi connectivity index (χ3v) is 6.20. The maximum atomic E-state index is 13.5. The van der Waals surface area contributed by atoms with Crippen LogP contribution < -0.4 is 13.8 Å². The topological polar surface area (TPSA) is 55.8 Å². The summed E-state index contributed by atoms with van der Waals surface area (Å²) < 4.78 is 39.1. The molecule has 0 fully saturated rings. The fourth-order valence-corrected chi connectivity index (χ4v) is 4.45. The summed E-state index contributed by atoms with van der Waals surface area (Å²) in [5, 5.41) is 0. The van der Waals surface area contributed by atoms with Gasteiger partial charge in [0.15, 0.2) is 0 Å². The lowest BCUT2D eigenvalue weighted by Gasteiger charge is -2.26. The molecular formula is C22H23NO4S. The minimum Gasteiger partial charge on any atom is -0.497 e. The van der Waals surface area contributed by atoms with Crippen molar-refractivity contribution in [1.29, 1.82) is 0 Å². The molecule has 0 N–H and O–H groups in total. The average molecular weight is 397 g/mol. The molecule has 0 radical (unpaired) electrons. The molecule has 0 saturated heterocycles. The molecule has 0 aliphatic rings. The standard InChI is InChI=1S/C22H23NO4S/c1-17-8-6-10-19(14-17)23(16-18-9-4-5-13-22(18)27-3)28(24,25)21-12-7-11-20(15-21)26-2/h4-15H,16H2,1-3H3. The molecule has 28 heavy (non-hydrogen) atoms. The fraction of sp³-hybridized carbons (Fsp3) is 0.182. The zero-order valence-corrected chi connectivity index (χ0v) is 16.9. The van der Waals surface area contributed by atoms with Gasteiger partial charge < -0.3 is 9.47 Å². The van der Waals surface area contributed by atoms with Gasteiger partial charge in [-0.3, -0.25) is 4.31 Å². The van der Waals surface area contributed by atoms with E-state index in [-0.39, 0.29) is 11.4 Å². The Morgan fingerprint density at radius 2 is 1.61 bits per heavy atom. The van der Waals surface area contributed by atoms with Gasteiger partial charge in [-0.05, 0) is 42.8 Å². The molecule has 0 bridgehead atoms. The summed E-state index contributed by atoms with van der Waals surface area (Å²) in [4.78, 5) is 0.170. The Labute approximate surface area is 166 Å². The van der Waals surface area contributed by atoms with Crippen molar-refractivity contribution in [2.45, 2.75) is 18.4 Å². The Hall–Kier alpha value is -2.99. The zero-order chi connectivity index (χ0) is 20.1. The van der Waals surface area contributed by atoms with E-state index in [0.717, 1.165) is 11.1 Å². The minimum absolute atomic E-state index is 0.146. The van der Waals surface area contributed by atoms with Gasteiger partial charge in [-0.1, -0.05) is 36.4 Å². The smallest absolute Gasteiger partial charge is 0.264 e. The Bertz CT molecular complexity index is 1060. The highest BCUT2D eigenvalue weighted by Gasteiger charge is 2.26. The molecule has 0 unspecified atom stereocenters. The quantitative estimate of drug-likeness (QED) is 0.593. The molecule has 6 heteroatoms. The van der Waals surface area contributed by atoms with Gasteiger partial charge >= 0.3 is 0 Å². The second-order valence-electron chi connectivity index (χ2n) is 6.34. The molecule has 3 rings (SSSR count). The van der Waals surface area contributed by atoms with Gasteiger partial charge in [-0.25, -0.2) is 8.42 Å². The Balaban J connectivity index is 2.12. The number of anilines is 1. The van der Waals surface area contributed by atoms with Crippen LogP contribution in [0.5, 0.6) is 11.5 Å². The molecule has 0 atom stereocenters. The minimum atomic E-state index is -3.83. The predicted molar refractivity (Wildman–Crippen MR) is 111 cm³/mol. The van der Waals surface area contributed by atoms with E-state index in [1.54, 1.807) is 31.4 Å². The number of ether oxygens (including phenoxy) is 2. The largest absolute Gasteiger partial charge is 0.497 e. The molecule has 0 amide bonds. The fourth-order valence-electron chi connectivity index (χ4n) is 2.98. The van der Waals surface area contributed by atoms with Crippen molar-refractivity contribution < 1.29 is 17.9 Å². The number of aryl methyl sites for hydroxylation is 1. The summed E-state index contributed by atoms with van der Waals surface area (Å²) in [6.07, 6.45) is 0. The van der Waals surface area contributed by atoms with Crippen LogP contribution in [0.15, 0.2) is 77.7 Å². The van der Waals surface area contributed by atoms with Crippen LogP contribution in [-0.2, 0) is 16.6 Å². The Morgan fingerprint density at radius 1 is 0.857 bits per heavy atom. The SMILES string of the molecule is COc1cccc(S(=O)(=O)N(Cc2ccccc2OC)c2cccc(C)c2)c1. The lowest BCUT2D eigenvalue weighted by Crippen LogP contribution is -2.30. The van der Waals surface area contributed by atoms with E-state index in [9.17, 15) is 8.42 Å². The number of para-hydroxylation sites is 1. The van der Waals surface area contributed by atoms with Crippen LogP contribution in [0.1, 0.15) is 11.1 Å². The summed E-state index contributed by atoms with van der Waals surface area (Å²) >= 11 is 0. The molecule has 146 valence electrons. The molecule has 3 aromatic rings. The third-order valence-electron chi connectivity index (χ3n) is 4.43. The van der Waals surface area contributed by atoms with Gasteiger partial charge in [0, 0.05) is 11.6 Å². The van der Waals surface area contributed by atoms with Crippen LogP contribution in [0.25, 0.3) is 0 Å². The maximum Gasteiger partial charge on any atom is 0.264 e.